The molecule has 3 unspecified atom stereocenters. The third-order valence-corrected chi connectivity index (χ3v) is 2.55. The van der Waals surface area contributed by atoms with Crippen LogP contribution < -0.4 is 10.5 Å². The van der Waals surface area contributed by atoms with Crippen LogP contribution >= 0.6 is 0 Å². The van der Waals surface area contributed by atoms with Crippen LogP contribution in [0.15, 0.2) is 24.3 Å². The lowest BCUT2D eigenvalue weighted by Gasteiger charge is -2.03. The molecule has 2 N–H and O–H groups in total. The van der Waals surface area contributed by atoms with Gasteiger partial charge in [-0.05, 0) is 6.07 Å². The topological polar surface area (TPSA) is 35.2 Å². The van der Waals surface area contributed by atoms with Gasteiger partial charge >= 0.3 is 0 Å². The number of rotatable bonds is 0. The highest BCUT2D eigenvalue weighted by Gasteiger charge is 2.56. The van der Waals surface area contributed by atoms with Crippen molar-refractivity contribution in [3.8, 4) is 5.75 Å². The number of ether oxygens (including phenoxy) is 1. The summed E-state index contributed by atoms with van der Waals surface area (Å²) in [4.78, 5) is 0. The van der Waals surface area contributed by atoms with Gasteiger partial charge in [0.2, 0.25) is 0 Å². The van der Waals surface area contributed by atoms with Crippen molar-refractivity contribution in [1.82, 2.24) is 0 Å². The smallest absolute Gasteiger partial charge is 0.123 e. The molecule has 1 aliphatic heterocycles. The summed E-state index contributed by atoms with van der Waals surface area (Å²) < 4.78 is 5.57. The Balaban J connectivity index is 2.13. The molecule has 3 rings (SSSR count). The molecule has 2 nitrogen and oxygen atoms in total. The van der Waals surface area contributed by atoms with E-state index in [1.807, 2.05) is 18.2 Å². The molecule has 1 aromatic carbocycles. The summed E-state index contributed by atoms with van der Waals surface area (Å²) in [6.45, 7) is 0. The second-order valence-corrected chi connectivity index (χ2v) is 3.22. The molecule has 1 saturated carbocycles. The van der Waals surface area contributed by atoms with Crippen molar-refractivity contribution in [2.24, 2.45) is 5.73 Å². The molecule has 3 atom stereocenters. The Kier molecular flexibility index (Phi) is 0.809. The van der Waals surface area contributed by atoms with Gasteiger partial charge in [0.1, 0.15) is 11.9 Å². The summed E-state index contributed by atoms with van der Waals surface area (Å²) in [7, 11) is 0. The van der Waals surface area contributed by atoms with Crippen molar-refractivity contribution < 1.29 is 4.74 Å². The lowest BCUT2D eigenvalue weighted by atomic mass is 10.1. The lowest BCUT2D eigenvalue weighted by Crippen LogP contribution is -2.12. The second-order valence-electron chi connectivity index (χ2n) is 3.22. The summed E-state index contributed by atoms with van der Waals surface area (Å²) >= 11 is 0. The standard InChI is InChI=1S/C9H9NO/c10-8-7-5-3-1-2-4-6(5)11-9(7)8/h1-4,7-9H,10H2. The number of fused-ring (bicyclic) bond motifs is 3. The highest BCUT2D eigenvalue weighted by molar-refractivity contribution is 5.48. The van der Waals surface area contributed by atoms with Crippen molar-refractivity contribution in [2.45, 2.75) is 18.1 Å². The Hall–Kier alpha value is -1.02. The van der Waals surface area contributed by atoms with Crippen LogP contribution in [0.2, 0.25) is 0 Å². The zero-order valence-corrected chi connectivity index (χ0v) is 6.03. The Morgan fingerprint density at radius 2 is 2.09 bits per heavy atom. The predicted octanol–water partition coefficient (Wildman–Crippen LogP) is 0.872. The molecule has 2 heteroatoms. The predicted molar refractivity (Wildman–Crippen MR) is 41.6 cm³/mol. The van der Waals surface area contributed by atoms with Gasteiger partial charge in [0.05, 0.1) is 6.04 Å². The second kappa shape index (κ2) is 1.59. The van der Waals surface area contributed by atoms with Crippen LogP contribution in [0, 0.1) is 0 Å². The lowest BCUT2D eigenvalue weighted by molar-refractivity contribution is 0.310. The van der Waals surface area contributed by atoms with Crippen LogP contribution in [-0.2, 0) is 0 Å². The van der Waals surface area contributed by atoms with Gasteiger partial charge in [0, 0.05) is 11.5 Å². The number of para-hydroxylation sites is 1. The fraction of sp³-hybridized carbons (Fsp3) is 0.333. The minimum absolute atomic E-state index is 0.255. The molecule has 56 valence electrons. The number of hydrogen-bond donors (Lipinski definition) is 1. The maximum atomic E-state index is 5.76. The van der Waals surface area contributed by atoms with Gasteiger partial charge < -0.3 is 10.5 Å². The van der Waals surface area contributed by atoms with E-state index < -0.39 is 0 Å². The third kappa shape index (κ3) is 0.559. The first kappa shape index (κ1) is 5.61. The maximum Gasteiger partial charge on any atom is 0.123 e. The minimum Gasteiger partial charge on any atom is -0.488 e. The van der Waals surface area contributed by atoms with E-state index in [0.717, 1.165) is 5.75 Å². The molecule has 1 fully saturated rings. The minimum atomic E-state index is 0.255. The Morgan fingerprint density at radius 3 is 3.00 bits per heavy atom. The molecule has 1 aliphatic carbocycles. The number of nitrogens with two attached hydrogens (primary N) is 1. The molecule has 0 spiro atoms. The summed E-state index contributed by atoms with van der Waals surface area (Å²) in [5.74, 6) is 1.52. The average molecular weight is 147 g/mol. The van der Waals surface area contributed by atoms with Gasteiger partial charge in [-0.1, -0.05) is 18.2 Å². The number of benzene rings is 1. The summed E-state index contributed by atoms with van der Waals surface area (Å²) in [6, 6.07) is 8.40. The van der Waals surface area contributed by atoms with E-state index in [4.69, 9.17) is 10.5 Å². The van der Waals surface area contributed by atoms with Gasteiger partial charge in [-0.15, -0.1) is 0 Å². The Labute approximate surface area is 65.0 Å². The fourth-order valence-electron chi connectivity index (χ4n) is 1.85. The van der Waals surface area contributed by atoms with Crippen LogP contribution in [-0.4, -0.2) is 12.1 Å². The molecular formula is C9H9NO. The Bertz CT molecular complexity index is 310. The summed E-state index contributed by atoms with van der Waals surface area (Å²) in [5, 5.41) is 0. The normalized spacial score (nSPS) is 37.4. The molecule has 0 bridgehead atoms. The van der Waals surface area contributed by atoms with Gasteiger partial charge in [-0.2, -0.15) is 0 Å². The zero-order chi connectivity index (χ0) is 7.42. The van der Waals surface area contributed by atoms with Crippen molar-refractivity contribution in [1.29, 1.82) is 0 Å². The van der Waals surface area contributed by atoms with Gasteiger partial charge in [0.25, 0.3) is 0 Å². The fourth-order valence-corrected chi connectivity index (χ4v) is 1.85. The first-order valence-electron chi connectivity index (χ1n) is 3.89. The zero-order valence-electron chi connectivity index (χ0n) is 6.03. The quantitative estimate of drug-likeness (QED) is 0.591. The van der Waals surface area contributed by atoms with Crippen LogP contribution in [0.4, 0.5) is 0 Å². The van der Waals surface area contributed by atoms with Crippen molar-refractivity contribution >= 4 is 0 Å². The van der Waals surface area contributed by atoms with Crippen LogP contribution in [0.1, 0.15) is 11.5 Å². The van der Waals surface area contributed by atoms with E-state index in [1.165, 1.54) is 5.56 Å². The van der Waals surface area contributed by atoms with Gasteiger partial charge in [0.15, 0.2) is 0 Å². The van der Waals surface area contributed by atoms with Gasteiger partial charge in [-0.3, -0.25) is 0 Å². The molecule has 0 radical (unpaired) electrons. The van der Waals surface area contributed by atoms with Gasteiger partial charge in [-0.25, -0.2) is 0 Å². The highest BCUT2D eigenvalue weighted by Crippen LogP contribution is 2.52. The van der Waals surface area contributed by atoms with Crippen LogP contribution in [0.5, 0.6) is 5.75 Å². The SMILES string of the molecule is NC1C2Oc3ccccc3C12. The third-order valence-electron chi connectivity index (χ3n) is 2.55. The molecule has 2 aliphatic rings. The van der Waals surface area contributed by atoms with E-state index >= 15 is 0 Å². The van der Waals surface area contributed by atoms with Crippen molar-refractivity contribution in [3.05, 3.63) is 29.8 Å². The first-order valence-corrected chi connectivity index (χ1v) is 3.89. The molecule has 0 saturated heterocycles. The first-order chi connectivity index (χ1) is 5.38. The molecular weight excluding hydrogens is 138 g/mol. The molecule has 1 heterocycles. The van der Waals surface area contributed by atoms with Crippen LogP contribution in [0.3, 0.4) is 0 Å². The molecule has 0 aromatic heterocycles. The summed E-state index contributed by atoms with van der Waals surface area (Å²) in [5.41, 5.74) is 7.06. The van der Waals surface area contributed by atoms with E-state index in [9.17, 15) is 0 Å². The van der Waals surface area contributed by atoms with E-state index in [1.54, 1.807) is 0 Å². The van der Waals surface area contributed by atoms with Crippen molar-refractivity contribution in [3.63, 3.8) is 0 Å². The summed E-state index contributed by atoms with van der Waals surface area (Å²) in [6.07, 6.45) is 0.285. The molecule has 0 amide bonds. The number of hydrogen-bond acceptors (Lipinski definition) is 2. The highest BCUT2D eigenvalue weighted by atomic mass is 16.5. The van der Waals surface area contributed by atoms with Crippen molar-refractivity contribution in [2.75, 3.05) is 0 Å². The van der Waals surface area contributed by atoms with E-state index in [0.29, 0.717) is 5.92 Å². The maximum absolute atomic E-state index is 5.76. The van der Waals surface area contributed by atoms with Crippen LogP contribution in [0.25, 0.3) is 0 Å². The van der Waals surface area contributed by atoms with E-state index in [2.05, 4.69) is 6.07 Å². The Morgan fingerprint density at radius 1 is 1.27 bits per heavy atom. The monoisotopic (exact) mass is 147 g/mol. The molecule has 1 aromatic rings. The largest absolute Gasteiger partial charge is 0.488 e. The average Bonchev–Trinajstić information content (AvgIpc) is 2.55. The van der Waals surface area contributed by atoms with E-state index in [-0.39, 0.29) is 12.1 Å². The molecule has 11 heavy (non-hydrogen) atoms.